The van der Waals surface area contributed by atoms with Crippen molar-refractivity contribution in [1.29, 1.82) is 0 Å². The average molecular weight is 594 g/mol. The quantitative estimate of drug-likeness (QED) is 0.306. The van der Waals surface area contributed by atoms with Crippen LogP contribution in [0, 0.1) is 0 Å². The zero-order valence-electron chi connectivity index (χ0n) is 24.4. The fourth-order valence-electron chi connectivity index (χ4n) is 5.29. The average Bonchev–Trinajstić information content (AvgIpc) is 3.53. The Labute approximate surface area is 248 Å². The Hall–Kier alpha value is -4.05. The molecule has 0 radical (unpaired) electrons. The standard InChI is InChI=1S/C32H39N3O6S/c1-4-28(32(37)33-25-15-11-12-16-25)34(22-24-13-7-5-8-14-24)31(36)23-35(42(38,39)27-17-9-6-10-18-27)29-21-26(40-2)19-20-30(29)41-3/h5-10,13-14,17-21,25,28H,4,11-12,15-16,22-23H2,1-3H3,(H,33,37). The number of nitrogens with one attached hydrogen (secondary N) is 1. The van der Waals surface area contributed by atoms with Crippen molar-refractivity contribution in [2.75, 3.05) is 25.1 Å². The minimum absolute atomic E-state index is 0.0169. The Balaban J connectivity index is 1.76. The van der Waals surface area contributed by atoms with E-state index in [1.807, 2.05) is 37.3 Å². The summed E-state index contributed by atoms with van der Waals surface area (Å²) in [6.45, 7) is 1.44. The van der Waals surface area contributed by atoms with Gasteiger partial charge in [0, 0.05) is 18.7 Å². The molecule has 1 saturated carbocycles. The highest BCUT2D eigenvalue weighted by molar-refractivity contribution is 7.92. The SMILES string of the molecule is CCC(C(=O)NC1CCCC1)N(Cc1ccccc1)C(=O)CN(c1cc(OC)ccc1OC)S(=O)(=O)c1ccccc1. The molecule has 1 atom stereocenters. The number of ether oxygens (including phenoxy) is 2. The van der Waals surface area contributed by atoms with E-state index in [0.29, 0.717) is 12.2 Å². The molecule has 1 aliphatic carbocycles. The highest BCUT2D eigenvalue weighted by Crippen LogP contribution is 2.36. The Morgan fingerprint density at radius 3 is 2.17 bits per heavy atom. The van der Waals surface area contributed by atoms with Crippen molar-refractivity contribution in [3.63, 3.8) is 0 Å². The van der Waals surface area contributed by atoms with Crippen LogP contribution >= 0.6 is 0 Å². The Kier molecular flexibility index (Phi) is 10.5. The molecule has 1 N–H and O–H groups in total. The molecular formula is C32H39N3O6S. The van der Waals surface area contributed by atoms with E-state index in [2.05, 4.69) is 5.32 Å². The maximum atomic E-state index is 14.3. The van der Waals surface area contributed by atoms with Crippen molar-refractivity contribution in [3.05, 3.63) is 84.4 Å². The van der Waals surface area contributed by atoms with Crippen LogP contribution in [0.25, 0.3) is 0 Å². The fourth-order valence-corrected chi connectivity index (χ4v) is 6.73. The normalized spacial score (nSPS) is 14.2. The molecular weight excluding hydrogens is 554 g/mol. The van der Waals surface area contributed by atoms with Gasteiger partial charge in [-0.3, -0.25) is 13.9 Å². The summed E-state index contributed by atoms with van der Waals surface area (Å²) in [5.41, 5.74) is 0.978. The largest absolute Gasteiger partial charge is 0.497 e. The lowest BCUT2D eigenvalue weighted by Gasteiger charge is -2.34. The number of amides is 2. The third-order valence-electron chi connectivity index (χ3n) is 7.55. The second-order valence-corrected chi connectivity index (χ2v) is 12.1. The van der Waals surface area contributed by atoms with Gasteiger partial charge in [0.1, 0.15) is 24.1 Å². The van der Waals surface area contributed by atoms with Crippen LogP contribution in [0.15, 0.2) is 83.8 Å². The number of hydrogen-bond donors (Lipinski definition) is 1. The minimum atomic E-state index is -4.23. The maximum absolute atomic E-state index is 14.3. The lowest BCUT2D eigenvalue weighted by Crippen LogP contribution is -2.53. The number of hydrogen-bond acceptors (Lipinski definition) is 6. The molecule has 0 aromatic heterocycles. The molecule has 0 spiro atoms. The predicted octanol–water partition coefficient (Wildman–Crippen LogP) is 4.77. The zero-order chi connectivity index (χ0) is 30.1. The van der Waals surface area contributed by atoms with Crippen molar-refractivity contribution in [1.82, 2.24) is 10.2 Å². The van der Waals surface area contributed by atoms with E-state index >= 15 is 0 Å². The zero-order valence-corrected chi connectivity index (χ0v) is 25.2. The van der Waals surface area contributed by atoms with Gasteiger partial charge >= 0.3 is 0 Å². The molecule has 1 fully saturated rings. The van der Waals surface area contributed by atoms with Crippen LogP contribution in [0.1, 0.15) is 44.6 Å². The van der Waals surface area contributed by atoms with Gasteiger partial charge in [-0.15, -0.1) is 0 Å². The monoisotopic (exact) mass is 593 g/mol. The van der Waals surface area contributed by atoms with E-state index in [1.165, 1.54) is 37.3 Å². The molecule has 224 valence electrons. The van der Waals surface area contributed by atoms with E-state index in [9.17, 15) is 18.0 Å². The van der Waals surface area contributed by atoms with Crippen LogP contribution in [0.2, 0.25) is 0 Å². The number of anilines is 1. The van der Waals surface area contributed by atoms with E-state index in [4.69, 9.17) is 9.47 Å². The van der Waals surface area contributed by atoms with Crippen LogP contribution < -0.4 is 19.1 Å². The summed E-state index contributed by atoms with van der Waals surface area (Å²) in [7, 11) is -1.33. The number of sulfonamides is 1. The summed E-state index contributed by atoms with van der Waals surface area (Å²) in [5, 5.41) is 3.12. The number of nitrogens with zero attached hydrogens (tertiary/aromatic N) is 2. The number of methoxy groups -OCH3 is 2. The van der Waals surface area contributed by atoms with Gasteiger partial charge in [-0.05, 0) is 49.1 Å². The van der Waals surface area contributed by atoms with Crippen LogP contribution in [0.5, 0.6) is 11.5 Å². The van der Waals surface area contributed by atoms with Gasteiger partial charge in [-0.1, -0.05) is 68.3 Å². The number of rotatable bonds is 13. The summed E-state index contributed by atoms with van der Waals surface area (Å²) in [6.07, 6.45) is 4.30. The molecule has 0 saturated heterocycles. The van der Waals surface area contributed by atoms with E-state index in [0.717, 1.165) is 35.6 Å². The Morgan fingerprint density at radius 2 is 1.57 bits per heavy atom. The van der Waals surface area contributed by atoms with Gasteiger partial charge in [0.25, 0.3) is 10.0 Å². The first-order valence-corrected chi connectivity index (χ1v) is 15.7. The number of carbonyl (C=O) groups is 2. The third-order valence-corrected chi connectivity index (χ3v) is 9.32. The van der Waals surface area contributed by atoms with Crippen molar-refractivity contribution < 1.29 is 27.5 Å². The van der Waals surface area contributed by atoms with E-state index in [-0.39, 0.29) is 34.8 Å². The Bertz CT molecular complexity index is 1440. The van der Waals surface area contributed by atoms with Gasteiger partial charge < -0.3 is 19.7 Å². The number of carbonyl (C=O) groups excluding carboxylic acids is 2. The van der Waals surface area contributed by atoms with Crippen molar-refractivity contribution in [2.24, 2.45) is 0 Å². The molecule has 0 aliphatic heterocycles. The molecule has 42 heavy (non-hydrogen) atoms. The van der Waals surface area contributed by atoms with Crippen LogP contribution in [-0.2, 0) is 26.2 Å². The third kappa shape index (κ3) is 7.23. The van der Waals surface area contributed by atoms with Crippen molar-refractivity contribution >= 4 is 27.5 Å². The van der Waals surface area contributed by atoms with Crippen molar-refractivity contribution in [3.8, 4) is 11.5 Å². The maximum Gasteiger partial charge on any atom is 0.264 e. The lowest BCUT2D eigenvalue weighted by molar-refractivity contribution is -0.140. The van der Waals surface area contributed by atoms with Gasteiger partial charge in [-0.2, -0.15) is 0 Å². The molecule has 10 heteroatoms. The predicted molar refractivity (Wildman–Crippen MR) is 162 cm³/mol. The molecule has 2 amide bonds. The fraction of sp³-hybridized carbons (Fsp3) is 0.375. The first-order chi connectivity index (χ1) is 20.3. The van der Waals surface area contributed by atoms with Crippen LogP contribution in [0.4, 0.5) is 5.69 Å². The highest BCUT2D eigenvalue weighted by Gasteiger charge is 2.35. The second kappa shape index (κ2) is 14.2. The first kappa shape index (κ1) is 30.9. The molecule has 0 bridgehead atoms. The molecule has 4 rings (SSSR count). The molecule has 1 aliphatic rings. The summed E-state index contributed by atoms with van der Waals surface area (Å²) in [4.78, 5) is 29.3. The van der Waals surface area contributed by atoms with Crippen LogP contribution in [-0.4, -0.2) is 58.0 Å². The summed E-state index contributed by atoms with van der Waals surface area (Å²) in [6, 6.07) is 21.4. The summed E-state index contributed by atoms with van der Waals surface area (Å²) < 4.78 is 40.1. The molecule has 3 aromatic carbocycles. The van der Waals surface area contributed by atoms with Gasteiger partial charge in [0.2, 0.25) is 11.8 Å². The topological polar surface area (TPSA) is 105 Å². The number of benzene rings is 3. The smallest absolute Gasteiger partial charge is 0.264 e. The van der Waals surface area contributed by atoms with E-state index < -0.39 is 28.5 Å². The summed E-state index contributed by atoms with van der Waals surface area (Å²) >= 11 is 0. The van der Waals surface area contributed by atoms with Gasteiger partial charge in [-0.25, -0.2) is 8.42 Å². The molecule has 9 nitrogen and oxygen atoms in total. The van der Waals surface area contributed by atoms with Crippen molar-refractivity contribution in [2.45, 2.75) is 62.6 Å². The summed E-state index contributed by atoms with van der Waals surface area (Å²) in [5.74, 6) is -0.0967. The lowest BCUT2D eigenvalue weighted by atomic mass is 10.1. The Morgan fingerprint density at radius 1 is 0.929 bits per heavy atom. The minimum Gasteiger partial charge on any atom is -0.497 e. The first-order valence-electron chi connectivity index (χ1n) is 14.2. The second-order valence-electron chi connectivity index (χ2n) is 10.3. The van der Waals surface area contributed by atoms with E-state index in [1.54, 1.807) is 30.3 Å². The molecule has 1 unspecified atom stereocenters. The molecule has 3 aromatic rings. The molecule has 0 heterocycles. The highest BCUT2D eigenvalue weighted by atomic mass is 32.2. The van der Waals surface area contributed by atoms with Gasteiger partial charge in [0.05, 0.1) is 24.8 Å². The van der Waals surface area contributed by atoms with Crippen LogP contribution in [0.3, 0.4) is 0 Å². The van der Waals surface area contributed by atoms with Gasteiger partial charge in [0.15, 0.2) is 0 Å².